The van der Waals surface area contributed by atoms with Crippen LogP contribution in [0.3, 0.4) is 0 Å². The van der Waals surface area contributed by atoms with Gasteiger partial charge in [-0.3, -0.25) is 14.4 Å². The summed E-state index contributed by atoms with van der Waals surface area (Å²) in [5.41, 5.74) is 7.99. The lowest BCUT2D eigenvalue weighted by Gasteiger charge is -2.34. The first kappa shape index (κ1) is 17.1. The van der Waals surface area contributed by atoms with E-state index in [4.69, 9.17) is 15.2 Å². The molecule has 4 aliphatic heterocycles. The Morgan fingerprint density at radius 2 is 1.77 bits per heavy atom. The average Bonchev–Trinajstić information content (AvgIpc) is 3.41. The van der Waals surface area contributed by atoms with Crippen LogP contribution < -0.4 is 20.1 Å². The highest BCUT2D eigenvalue weighted by molar-refractivity contribution is 6.24. The molecule has 2 aromatic rings. The van der Waals surface area contributed by atoms with Crippen LogP contribution in [0, 0.1) is 11.8 Å². The van der Waals surface area contributed by atoms with E-state index in [1.165, 1.54) is 0 Å². The number of imide groups is 1. The summed E-state index contributed by atoms with van der Waals surface area (Å²) in [6.45, 7) is 0.0931. The van der Waals surface area contributed by atoms with Gasteiger partial charge in [0, 0.05) is 12.3 Å². The number of ether oxygens (including phenoxy) is 2. The first-order valence-corrected chi connectivity index (χ1v) is 9.67. The van der Waals surface area contributed by atoms with Gasteiger partial charge in [0.25, 0.3) is 0 Å². The van der Waals surface area contributed by atoms with Crippen LogP contribution in [-0.4, -0.2) is 35.5 Å². The second-order valence-corrected chi connectivity index (χ2v) is 7.78. The van der Waals surface area contributed by atoms with Gasteiger partial charge in [0.2, 0.25) is 24.5 Å². The number of hydrogen-bond acceptors (Lipinski definition) is 6. The zero-order valence-electron chi connectivity index (χ0n) is 15.7. The summed E-state index contributed by atoms with van der Waals surface area (Å²) in [6.07, 6.45) is 3.65. The minimum atomic E-state index is -0.889. The SMILES string of the molecule is NC(=O)[C@H]1[C@H]2C(=O)N(c3ccc4c(c3)OCO4)C(=O)[C@@H]2[C@H]2c3ccccc3C=CN21. The van der Waals surface area contributed by atoms with Crippen molar-refractivity contribution in [1.29, 1.82) is 0 Å². The van der Waals surface area contributed by atoms with E-state index in [0.29, 0.717) is 17.2 Å². The summed E-state index contributed by atoms with van der Waals surface area (Å²) in [4.78, 5) is 42.3. The number of benzene rings is 2. The fourth-order valence-corrected chi connectivity index (χ4v) is 5.16. The van der Waals surface area contributed by atoms with E-state index in [9.17, 15) is 14.4 Å². The third-order valence-electron chi connectivity index (χ3n) is 6.37. The molecule has 8 nitrogen and oxygen atoms in total. The van der Waals surface area contributed by atoms with Crippen molar-refractivity contribution in [3.63, 3.8) is 0 Å². The maximum absolute atomic E-state index is 13.6. The second kappa shape index (κ2) is 5.85. The second-order valence-electron chi connectivity index (χ2n) is 7.78. The molecule has 0 radical (unpaired) electrons. The third-order valence-corrected chi connectivity index (χ3v) is 6.37. The Morgan fingerprint density at radius 3 is 2.60 bits per heavy atom. The van der Waals surface area contributed by atoms with Crippen molar-refractivity contribution in [2.45, 2.75) is 12.1 Å². The fraction of sp³-hybridized carbons (Fsp3) is 0.227. The van der Waals surface area contributed by atoms with Gasteiger partial charge < -0.3 is 20.1 Å². The molecular formula is C22H17N3O5. The van der Waals surface area contributed by atoms with E-state index in [0.717, 1.165) is 16.0 Å². The normalized spacial score (nSPS) is 27.9. The topological polar surface area (TPSA) is 102 Å². The van der Waals surface area contributed by atoms with Crippen LogP contribution in [0.5, 0.6) is 11.5 Å². The molecular weight excluding hydrogens is 386 g/mol. The summed E-state index contributed by atoms with van der Waals surface area (Å²) in [5.74, 6) is -1.90. The van der Waals surface area contributed by atoms with Gasteiger partial charge in [-0.05, 0) is 29.3 Å². The first-order chi connectivity index (χ1) is 14.6. The minimum Gasteiger partial charge on any atom is -0.454 e. The highest BCUT2D eigenvalue weighted by Crippen LogP contribution is 2.53. The number of fused-ring (bicyclic) bond motifs is 6. The van der Waals surface area contributed by atoms with Crippen molar-refractivity contribution in [3.8, 4) is 11.5 Å². The lowest BCUT2D eigenvalue weighted by Crippen LogP contribution is -2.46. The smallest absolute Gasteiger partial charge is 0.240 e. The summed E-state index contributed by atoms with van der Waals surface area (Å²) in [7, 11) is 0. The summed E-state index contributed by atoms with van der Waals surface area (Å²) >= 11 is 0. The van der Waals surface area contributed by atoms with Crippen molar-refractivity contribution in [2.75, 3.05) is 11.7 Å². The third kappa shape index (κ3) is 2.07. The molecule has 6 rings (SSSR count). The molecule has 3 amide bonds. The molecule has 2 aromatic carbocycles. The molecule has 2 fully saturated rings. The Morgan fingerprint density at radius 1 is 1.00 bits per heavy atom. The van der Waals surface area contributed by atoms with Gasteiger partial charge in [-0.15, -0.1) is 0 Å². The Labute approximate surface area is 171 Å². The molecule has 0 aliphatic carbocycles. The molecule has 4 atom stereocenters. The lowest BCUT2D eigenvalue weighted by molar-refractivity contribution is -0.129. The highest BCUT2D eigenvalue weighted by Gasteiger charge is 2.64. The number of nitrogens with zero attached hydrogens (tertiary/aromatic N) is 2. The molecule has 2 saturated heterocycles. The van der Waals surface area contributed by atoms with Gasteiger partial charge in [0.15, 0.2) is 11.5 Å². The van der Waals surface area contributed by atoms with E-state index in [1.807, 2.05) is 30.3 Å². The van der Waals surface area contributed by atoms with E-state index >= 15 is 0 Å². The predicted octanol–water partition coefficient (Wildman–Crippen LogP) is 1.42. The molecule has 0 spiro atoms. The van der Waals surface area contributed by atoms with Gasteiger partial charge in [-0.25, -0.2) is 4.90 Å². The lowest BCUT2D eigenvalue weighted by atomic mass is 9.84. The van der Waals surface area contributed by atoms with Crippen LogP contribution in [0.4, 0.5) is 5.69 Å². The Hall–Kier alpha value is -3.81. The Balaban J connectivity index is 1.47. The number of primary amides is 1. The average molecular weight is 403 g/mol. The summed E-state index contributed by atoms with van der Waals surface area (Å²) in [6, 6.07) is 11.3. The van der Waals surface area contributed by atoms with Gasteiger partial charge >= 0.3 is 0 Å². The highest BCUT2D eigenvalue weighted by atomic mass is 16.7. The van der Waals surface area contributed by atoms with Gasteiger partial charge in [0.1, 0.15) is 6.04 Å². The molecule has 30 heavy (non-hydrogen) atoms. The quantitative estimate of drug-likeness (QED) is 0.761. The van der Waals surface area contributed by atoms with Crippen LogP contribution in [-0.2, 0) is 14.4 Å². The van der Waals surface area contributed by atoms with Crippen molar-refractivity contribution in [3.05, 3.63) is 59.8 Å². The molecule has 4 aliphatic rings. The molecule has 8 heteroatoms. The Bertz CT molecular complexity index is 1160. The maximum Gasteiger partial charge on any atom is 0.240 e. The standard InChI is InChI=1S/C22H17N3O5/c23-20(26)19-17-16(18-13-4-2-1-3-11(13)7-8-24(18)19)21(27)25(22(17)28)12-5-6-14-15(9-12)30-10-29-14/h1-9,16-19H,10H2,(H2,23,26)/t16-,17-,18+,19+/m0/s1. The van der Waals surface area contributed by atoms with Crippen molar-refractivity contribution in [2.24, 2.45) is 17.6 Å². The molecule has 150 valence electrons. The number of rotatable bonds is 2. The minimum absolute atomic E-state index is 0.0931. The monoisotopic (exact) mass is 403 g/mol. The van der Waals surface area contributed by atoms with E-state index < -0.39 is 35.7 Å². The van der Waals surface area contributed by atoms with Crippen molar-refractivity contribution in [1.82, 2.24) is 4.90 Å². The van der Waals surface area contributed by atoms with Crippen LogP contribution in [0.15, 0.2) is 48.7 Å². The molecule has 0 bridgehead atoms. The molecule has 4 heterocycles. The largest absolute Gasteiger partial charge is 0.454 e. The maximum atomic E-state index is 13.6. The summed E-state index contributed by atoms with van der Waals surface area (Å²) in [5, 5.41) is 0. The first-order valence-electron chi connectivity index (χ1n) is 9.67. The Kier molecular flexibility index (Phi) is 3.33. The van der Waals surface area contributed by atoms with Crippen LogP contribution >= 0.6 is 0 Å². The molecule has 0 unspecified atom stereocenters. The predicted molar refractivity (Wildman–Crippen MR) is 105 cm³/mol. The van der Waals surface area contributed by atoms with Gasteiger partial charge in [0.05, 0.1) is 23.6 Å². The van der Waals surface area contributed by atoms with Crippen molar-refractivity contribution < 1.29 is 23.9 Å². The van der Waals surface area contributed by atoms with Crippen LogP contribution in [0.2, 0.25) is 0 Å². The molecule has 2 N–H and O–H groups in total. The number of hydrogen-bond donors (Lipinski definition) is 1. The number of nitrogens with two attached hydrogens (primary N) is 1. The molecule has 0 aromatic heterocycles. The van der Waals surface area contributed by atoms with Gasteiger partial charge in [-0.2, -0.15) is 0 Å². The number of anilines is 1. The van der Waals surface area contributed by atoms with E-state index in [2.05, 4.69) is 0 Å². The molecule has 0 saturated carbocycles. The number of carbonyl (C=O) groups excluding carboxylic acids is 3. The fourth-order valence-electron chi connectivity index (χ4n) is 5.16. The number of carbonyl (C=O) groups is 3. The van der Waals surface area contributed by atoms with Crippen molar-refractivity contribution >= 4 is 29.5 Å². The van der Waals surface area contributed by atoms with Gasteiger partial charge in [-0.1, -0.05) is 24.3 Å². The van der Waals surface area contributed by atoms with Crippen LogP contribution in [0.1, 0.15) is 17.2 Å². The van der Waals surface area contributed by atoms with E-state index in [1.54, 1.807) is 29.3 Å². The zero-order valence-corrected chi connectivity index (χ0v) is 15.7. The van der Waals surface area contributed by atoms with Crippen LogP contribution in [0.25, 0.3) is 6.08 Å². The van der Waals surface area contributed by atoms with E-state index in [-0.39, 0.29) is 12.7 Å². The zero-order chi connectivity index (χ0) is 20.6. The number of amides is 3. The summed E-state index contributed by atoms with van der Waals surface area (Å²) < 4.78 is 10.7.